The van der Waals surface area contributed by atoms with E-state index in [-0.39, 0.29) is 18.3 Å². The van der Waals surface area contributed by atoms with Gasteiger partial charge in [0, 0.05) is 25.5 Å². The van der Waals surface area contributed by atoms with Crippen molar-refractivity contribution in [3.05, 3.63) is 69.5 Å². The SMILES string of the molecule is COCC(=O)N1CC2(C1)OCc1cc(C3=NSC(NF)(c4cc(C)c(F)c(C)c4)C3)ccc12. The number of aryl methyl sites for hydroxylation is 2. The highest BCUT2D eigenvalue weighted by atomic mass is 32.2. The van der Waals surface area contributed by atoms with Crippen LogP contribution in [0.2, 0.25) is 0 Å². The van der Waals surface area contributed by atoms with Gasteiger partial charge in [-0.05, 0) is 53.3 Å². The molecule has 1 atom stereocenters. The summed E-state index contributed by atoms with van der Waals surface area (Å²) in [5.41, 5.74) is 6.89. The van der Waals surface area contributed by atoms with E-state index >= 15 is 0 Å². The number of nitrogens with one attached hydrogen (secondary N) is 1. The van der Waals surface area contributed by atoms with E-state index in [0.717, 1.165) is 34.3 Å². The molecule has 0 aromatic heterocycles. The minimum absolute atomic E-state index is 0.0459. The van der Waals surface area contributed by atoms with Crippen LogP contribution in [0.3, 0.4) is 0 Å². The molecule has 2 aromatic carbocycles. The summed E-state index contributed by atoms with van der Waals surface area (Å²) in [5, 5.41) is 0. The second kappa shape index (κ2) is 8.16. The number of halogens is 2. The largest absolute Gasteiger partial charge is 0.375 e. The van der Waals surface area contributed by atoms with Crippen LogP contribution in [0.25, 0.3) is 0 Å². The Kier molecular flexibility index (Phi) is 5.55. The van der Waals surface area contributed by atoms with E-state index in [1.165, 1.54) is 7.11 Å². The zero-order valence-corrected chi connectivity index (χ0v) is 19.5. The number of nitrogens with zero attached hydrogens (tertiary/aromatic N) is 2. The highest BCUT2D eigenvalue weighted by Gasteiger charge is 2.51. The number of benzene rings is 2. The first kappa shape index (κ1) is 22.5. The molecule has 1 amide bonds. The molecular weight excluding hydrogens is 448 g/mol. The highest BCUT2D eigenvalue weighted by molar-refractivity contribution is 7.99. The molecular formula is C24H25F2N3O3S. The van der Waals surface area contributed by atoms with Crippen molar-refractivity contribution in [2.75, 3.05) is 26.8 Å². The zero-order valence-electron chi connectivity index (χ0n) is 18.7. The fraction of sp³-hybridized carbons (Fsp3) is 0.417. The molecule has 0 radical (unpaired) electrons. The molecule has 1 fully saturated rings. The van der Waals surface area contributed by atoms with Gasteiger partial charge in [0.15, 0.2) is 0 Å². The molecule has 33 heavy (non-hydrogen) atoms. The van der Waals surface area contributed by atoms with Crippen molar-refractivity contribution in [2.24, 2.45) is 4.40 Å². The first-order valence-electron chi connectivity index (χ1n) is 10.8. The van der Waals surface area contributed by atoms with Crippen LogP contribution < -0.4 is 5.54 Å². The Balaban J connectivity index is 1.36. The molecule has 3 aliphatic rings. The topological polar surface area (TPSA) is 63.2 Å². The fourth-order valence-corrected chi connectivity index (χ4v) is 5.78. The monoisotopic (exact) mass is 473 g/mol. The summed E-state index contributed by atoms with van der Waals surface area (Å²) in [7, 11) is 1.51. The number of hydrogen-bond acceptors (Lipinski definition) is 6. The second-order valence-electron chi connectivity index (χ2n) is 8.99. The quantitative estimate of drug-likeness (QED) is 0.528. The van der Waals surface area contributed by atoms with E-state index < -0.39 is 10.5 Å². The minimum atomic E-state index is -1.09. The average Bonchev–Trinajstić information content (AvgIpc) is 3.39. The number of methoxy groups -OCH3 is 1. The van der Waals surface area contributed by atoms with Crippen LogP contribution in [0.15, 0.2) is 34.7 Å². The molecule has 174 valence electrons. The van der Waals surface area contributed by atoms with E-state index in [4.69, 9.17) is 9.47 Å². The standard InChI is InChI=1S/C24H25F2N3O3S/c1-14-6-18(7-15(2)22(14)25)24(28-26)9-20(27-33-24)16-4-5-19-17(8-16)10-32-23(19)12-29(13-23)21(30)11-31-3/h4-8,28H,9-13H2,1-3H3. The number of fused-ring (bicyclic) bond motifs is 2. The van der Waals surface area contributed by atoms with Crippen LogP contribution >= 0.6 is 11.9 Å². The fourth-order valence-electron chi connectivity index (χ4n) is 4.88. The first-order valence-corrected chi connectivity index (χ1v) is 11.5. The minimum Gasteiger partial charge on any atom is -0.375 e. The Labute approximate surface area is 195 Å². The van der Waals surface area contributed by atoms with Crippen LogP contribution in [0.1, 0.15) is 39.8 Å². The van der Waals surface area contributed by atoms with E-state index in [9.17, 15) is 13.7 Å². The lowest BCUT2D eigenvalue weighted by atomic mass is 9.84. The highest BCUT2D eigenvalue weighted by Crippen LogP contribution is 2.47. The molecule has 5 rings (SSSR count). The molecule has 0 aliphatic carbocycles. The van der Waals surface area contributed by atoms with Gasteiger partial charge >= 0.3 is 0 Å². The van der Waals surface area contributed by atoms with Crippen molar-refractivity contribution in [3.63, 3.8) is 0 Å². The Morgan fingerprint density at radius 2 is 2.00 bits per heavy atom. The van der Waals surface area contributed by atoms with Crippen LogP contribution in [0.4, 0.5) is 8.87 Å². The molecule has 6 nitrogen and oxygen atoms in total. The van der Waals surface area contributed by atoms with Crippen molar-refractivity contribution < 1.29 is 23.1 Å². The zero-order chi connectivity index (χ0) is 23.4. The molecule has 1 spiro atoms. The number of carbonyl (C=O) groups excluding carboxylic acids is 1. The molecule has 0 bridgehead atoms. The van der Waals surface area contributed by atoms with Gasteiger partial charge in [-0.2, -0.15) is 0 Å². The third-order valence-corrected chi connectivity index (χ3v) is 7.81. The van der Waals surface area contributed by atoms with Gasteiger partial charge in [-0.15, -0.1) is 10.0 Å². The van der Waals surface area contributed by atoms with Crippen LogP contribution in [-0.2, 0) is 31.3 Å². The lowest BCUT2D eigenvalue weighted by molar-refractivity contribution is -0.171. The molecule has 1 N–H and O–H groups in total. The van der Waals surface area contributed by atoms with E-state index in [0.29, 0.717) is 42.8 Å². The van der Waals surface area contributed by atoms with Gasteiger partial charge < -0.3 is 14.4 Å². The smallest absolute Gasteiger partial charge is 0.248 e. The van der Waals surface area contributed by atoms with Crippen molar-refractivity contribution >= 4 is 23.6 Å². The lowest BCUT2D eigenvalue weighted by Crippen LogP contribution is -2.61. The number of ether oxygens (including phenoxy) is 2. The van der Waals surface area contributed by atoms with Gasteiger partial charge in [-0.25, -0.2) is 8.79 Å². The van der Waals surface area contributed by atoms with Crippen LogP contribution in [0.5, 0.6) is 0 Å². The Morgan fingerprint density at radius 3 is 2.67 bits per heavy atom. The average molecular weight is 474 g/mol. The Hall–Kier alpha value is -2.33. The van der Waals surface area contributed by atoms with Gasteiger partial charge in [0.05, 0.1) is 25.4 Å². The summed E-state index contributed by atoms with van der Waals surface area (Å²) in [6.45, 7) is 4.91. The number of likely N-dealkylation sites (tertiary alicyclic amines) is 1. The maximum atomic E-state index is 14.1. The molecule has 3 aliphatic heterocycles. The van der Waals surface area contributed by atoms with Gasteiger partial charge in [0.1, 0.15) is 22.9 Å². The second-order valence-corrected chi connectivity index (χ2v) is 10.1. The van der Waals surface area contributed by atoms with Gasteiger partial charge in [0.2, 0.25) is 5.91 Å². The molecule has 1 unspecified atom stereocenters. The Bertz CT molecular complexity index is 1140. The molecule has 2 aromatic rings. The van der Waals surface area contributed by atoms with E-state index in [1.807, 2.05) is 23.7 Å². The molecule has 9 heteroatoms. The molecule has 0 saturated carbocycles. The summed E-state index contributed by atoms with van der Waals surface area (Å²) in [4.78, 5) is 12.7. The summed E-state index contributed by atoms with van der Waals surface area (Å²) in [6, 6.07) is 9.39. The van der Waals surface area contributed by atoms with Gasteiger partial charge in [-0.1, -0.05) is 24.3 Å². The number of carbonyl (C=O) groups is 1. The third kappa shape index (κ3) is 3.58. The summed E-state index contributed by atoms with van der Waals surface area (Å²) in [5.74, 6) is -0.321. The van der Waals surface area contributed by atoms with Crippen LogP contribution in [-0.4, -0.2) is 43.3 Å². The third-order valence-electron chi connectivity index (χ3n) is 6.73. The van der Waals surface area contributed by atoms with Crippen LogP contribution in [0, 0.1) is 19.7 Å². The van der Waals surface area contributed by atoms with Crippen molar-refractivity contribution in [1.82, 2.24) is 10.4 Å². The summed E-state index contributed by atoms with van der Waals surface area (Å²) < 4.78 is 43.8. The van der Waals surface area contributed by atoms with Crippen molar-refractivity contribution in [3.8, 4) is 0 Å². The lowest BCUT2D eigenvalue weighted by Gasteiger charge is -2.47. The Morgan fingerprint density at radius 1 is 1.27 bits per heavy atom. The van der Waals surface area contributed by atoms with E-state index in [1.54, 1.807) is 30.9 Å². The maximum Gasteiger partial charge on any atom is 0.248 e. The summed E-state index contributed by atoms with van der Waals surface area (Å²) in [6.07, 6.45) is 0.322. The number of hydrogen-bond donors (Lipinski definition) is 1. The number of amides is 1. The van der Waals surface area contributed by atoms with Gasteiger partial charge in [0.25, 0.3) is 0 Å². The predicted molar refractivity (Wildman–Crippen MR) is 122 cm³/mol. The first-order chi connectivity index (χ1) is 15.8. The van der Waals surface area contributed by atoms with Crippen molar-refractivity contribution in [1.29, 1.82) is 0 Å². The number of rotatable bonds is 5. The van der Waals surface area contributed by atoms with Crippen molar-refractivity contribution in [2.45, 2.75) is 37.3 Å². The predicted octanol–water partition coefficient (Wildman–Crippen LogP) is 3.82. The molecule has 3 heterocycles. The molecule has 1 saturated heterocycles. The normalized spacial score (nSPS) is 22.9. The summed E-state index contributed by atoms with van der Waals surface area (Å²) >= 11 is 1.12. The van der Waals surface area contributed by atoms with E-state index in [2.05, 4.69) is 4.40 Å². The maximum absolute atomic E-state index is 14.1. The van der Waals surface area contributed by atoms with Gasteiger partial charge in [-0.3, -0.25) is 4.79 Å².